The summed E-state index contributed by atoms with van der Waals surface area (Å²) in [7, 11) is 1.85. The van der Waals surface area contributed by atoms with Crippen molar-refractivity contribution in [2.45, 2.75) is 52.4 Å². The molecule has 2 heterocycles. The number of aromatic nitrogens is 2. The third-order valence-electron chi connectivity index (χ3n) is 8.56. The largest absolute Gasteiger partial charge is 2.00 e. The molecular weight excluding hydrogens is 752 g/mol. The van der Waals surface area contributed by atoms with Crippen molar-refractivity contribution >= 4 is 28.6 Å². The first-order valence-corrected chi connectivity index (χ1v) is 16.6. The van der Waals surface area contributed by atoms with Crippen molar-refractivity contribution in [3.8, 4) is 22.8 Å². The normalized spacial score (nSPS) is 11.5. The van der Waals surface area contributed by atoms with Crippen LogP contribution in [0.3, 0.4) is 0 Å². The van der Waals surface area contributed by atoms with Gasteiger partial charge in [-0.3, -0.25) is 8.78 Å². The van der Waals surface area contributed by atoms with E-state index in [1.165, 1.54) is 6.20 Å². The topological polar surface area (TPSA) is 41.5 Å². The van der Waals surface area contributed by atoms with Crippen molar-refractivity contribution in [2.75, 3.05) is 16.8 Å². The summed E-state index contributed by atoms with van der Waals surface area (Å²) in [6, 6.07) is 36.3. The van der Waals surface area contributed by atoms with E-state index in [4.69, 9.17) is 4.74 Å². The van der Waals surface area contributed by atoms with Crippen LogP contribution in [-0.4, -0.2) is 17.0 Å². The Balaban J connectivity index is 0.00000523. The maximum absolute atomic E-state index is 15.5. The van der Waals surface area contributed by atoms with Crippen LogP contribution in [0.4, 0.5) is 41.7 Å². The second kappa shape index (κ2) is 15.3. The summed E-state index contributed by atoms with van der Waals surface area (Å²) in [6.07, 6.45) is 3.26. The van der Waals surface area contributed by atoms with E-state index >= 15 is 13.2 Å². The zero-order valence-electron chi connectivity index (χ0n) is 30.0. The van der Waals surface area contributed by atoms with Crippen molar-refractivity contribution in [1.29, 1.82) is 0 Å². The van der Waals surface area contributed by atoms with Crippen molar-refractivity contribution in [2.24, 2.45) is 0 Å². The van der Waals surface area contributed by atoms with Crippen molar-refractivity contribution < 1.29 is 38.3 Å². The summed E-state index contributed by atoms with van der Waals surface area (Å²) in [4.78, 5) is 12.7. The van der Waals surface area contributed by atoms with Crippen LogP contribution in [0.5, 0.6) is 11.5 Å². The van der Waals surface area contributed by atoms with E-state index in [2.05, 4.69) is 42.9 Å². The average molecular weight is 791 g/mol. The number of rotatable bonds is 8. The first-order chi connectivity index (χ1) is 24.2. The van der Waals surface area contributed by atoms with Crippen molar-refractivity contribution in [1.82, 2.24) is 9.97 Å². The van der Waals surface area contributed by atoms with Gasteiger partial charge in [-0.05, 0) is 70.1 Å². The number of ether oxygens (including phenoxy) is 1. The number of anilines is 5. The van der Waals surface area contributed by atoms with Gasteiger partial charge in [0.25, 0.3) is 0 Å². The number of pyridine rings is 2. The predicted octanol–water partition coefficient (Wildman–Crippen LogP) is 11.8. The van der Waals surface area contributed by atoms with Crippen LogP contribution in [0.15, 0.2) is 109 Å². The SMILES string of the molecule is CN(c1[c-]c(Oc2[c-]c(-c3cc(C(C)(C)C)ccn3)c(F)c(F)c2F)cc(N(c2ccccc2)c2ccccc2)c1)c1cc(C(C)(C)C)ccn1.[Pd+2]. The summed E-state index contributed by atoms with van der Waals surface area (Å²) in [5.74, 6) is -4.55. The number of hydrogen-bond donors (Lipinski definition) is 0. The first-order valence-electron chi connectivity index (χ1n) is 16.6. The minimum absolute atomic E-state index is 0. The van der Waals surface area contributed by atoms with E-state index in [1.54, 1.807) is 24.4 Å². The number of para-hydroxylation sites is 2. The fourth-order valence-electron chi connectivity index (χ4n) is 5.59. The minimum Gasteiger partial charge on any atom is -0.500 e. The van der Waals surface area contributed by atoms with Gasteiger partial charge in [-0.2, -0.15) is 0 Å². The molecule has 0 fully saturated rings. The van der Waals surface area contributed by atoms with Crippen LogP contribution in [0.1, 0.15) is 52.7 Å². The Bertz CT molecular complexity index is 2130. The molecule has 0 aliphatic heterocycles. The van der Waals surface area contributed by atoms with Gasteiger partial charge in [-0.15, -0.1) is 18.2 Å². The maximum atomic E-state index is 15.5. The molecule has 2 aromatic heterocycles. The van der Waals surface area contributed by atoms with Crippen LogP contribution < -0.4 is 14.5 Å². The van der Waals surface area contributed by atoms with Crippen LogP contribution in [0, 0.1) is 29.6 Å². The summed E-state index contributed by atoms with van der Waals surface area (Å²) < 4.78 is 52.2. The van der Waals surface area contributed by atoms with E-state index in [1.807, 2.05) is 116 Å². The Kier molecular flexibility index (Phi) is 11.3. The number of halogens is 3. The molecule has 4 aromatic carbocycles. The van der Waals surface area contributed by atoms with Crippen LogP contribution in [0.25, 0.3) is 11.3 Å². The standard InChI is InChI=1S/C43H39F3N4O.Pd/c1-42(2,3)28-18-20-47-36(22-28)35-27-37(40(45)41(46)39(35)44)51-34-25-32(49(7)38-23-29(19-21-48-38)43(4,5)6)24-33(26-34)50(30-14-10-8-11-15-30)31-16-12-9-13-17-31;/h8-24,26H,1-7H3;/q-2;+2. The molecule has 0 bridgehead atoms. The van der Waals surface area contributed by atoms with E-state index < -0.39 is 23.2 Å². The Hall–Kier alpha value is -4.97. The van der Waals surface area contributed by atoms with Crippen LogP contribution in [0.2, 0.25) is 0 Å². The van der Waals surface area contributed by atoms with E-state index in [9.17, 15) is 0 Å². The Morgan fingerprint density at radius 2 is 1.17 bits per heavy atom. The zero-order chi connectivity index (χ0) is 36.5. The van der Waals surface area contributed by atoms with Gasteiger partial charge < -0.3 is 19.5 Å². The Morgan fingerprint density at radius 3 is 1.75 bits per heavy atom. The second-order valence-corrected chi connectivity index (χ2v) is 14.4. The fraction of sp³-hybridized carbons (Fsp3) is 0.209. The van der Waals surface area contributed by atoms with Gasteiger partial charge in [0.05, 0.1) is 11.6 Å². The molecule has 0 spiro atoms. The van der Waals surface area contributed by atoms with Gasteiger partial charge in [0.2, 0.25) is 0 Å². The molecule has 0 N–H and O–H groups in total. The zero-order valence-corrected chi connectivity index (χ0v) is 31.6. The summed E-state index contributed by atoms with van der Waals surface area (Å²) in [5, 5.41) is 0. The van der Waals surface area contributed by atoms with Crippen molar-refractivity contribution in [3.05, 3.63) is 150 Å². The minimum atomic E-state index is -1.69. The van der Waals surface area contributed by atoms with Crippen LogP contribution in [-0.2, 0) is 31.3 Å². The molecule has 0 saturated heterocycles. The smallest absolute Gasteiger partial charge is 0.500 e. The first kappa shape index (κ1) is 38.3. The van der Waals surface area contributed by atoms with Gasteiger partial charge in [-0.25, -0.2) is 9.37 Å². The van der Waals surface area contributed by atoms with E-state index in [-0.39, 0.29) is 48.3 Å². The molecular formula is C43H39F3N4OPd. The summed E-state index contributed by atoms with van der Waals surface area (Å²) in [6.45, 7) is 12.3. The molecule has 52 heavy (non-hydrogen) atoms. The quantitative estimate of drug-likeness (QED) is 0.0872. The number of benzene rings is 4. The van der Waals surface area contributed by atoms with Gasteiger partial charge in [0.1, 0.15) is 17.5 Å². The summed E-state index contributed by atoms with van der Waals surface area (Å²) in [5.41, 5.74) is 4.11. The number of nitrogens with zero attached hydrogens (tertiary/aromatic N) is 4. The third kappa shape index (κ3) is 8.22. The Labute approximate surface area is 317 Å². The molecule has 0 atom stereocenters. The molecule has 0 aliphatic rings. The van der Waals surface area contributed by atoms with Crippen molar-refractivity contribution in [3.63, 3.8) is 0 Å². The Morgan fingerprint density at radius 1 is 0.615 bits per heavy atom. The van der Waals surface area contributed by atoms with Gasteiger partial charge in [0, 0.05) is 36.6 Å². The molecule has 268 valence electrons. The monoisotopic (exact) mass is 790 g/mol. The fourth-order valence-corrected chi connectivity index (χ4v) is 5.59. The van der Waals surface area contributed by atoms with Crippen LogP contribution >= 0.6 is 0 Å². The molecule has 0 radical (unpaired) electrons. The molecule has 6 aromatic rings. The van der Waals surface area contributed by atoms with Gasteiger partial charge in [-0.1, -0.05) is 107 Å². The molecule has 0 aliphatic carbocycles. The molecule has 9 heteroatoms. The second-order valence-electron chi connectivity index (χ2n) is 14.4. The van der Waals surface area contributed by atoms with Gasteiger partial charge >= 0.3 is 20.4 Å². The molecule has 6 rings (SSSR count). The predicted molar refractivity (Wildman–Crippen MR) is 198 cm³/mol. The van der Waals surface area contributed by atoms with E-state index in [0.717, 1.165) is 22.5 Å². The maximum Gasteiger partial charge on any atom is 2.00 e. The molecule has 0 unspecified atom stereocenters. The average Bonchev–Trinajstić information content (AvgIpc) is 3.12. The van der Waals surface area contributed by atoms with Gasteiger partial charge in [0.15, 0.2) is 0 Å². The molecule has 5 nitrogen and oxygen atoms in total. The number of hydrogen-bond acceptors (Lipinski definition) is 5. The third-order valence-corrected chi connectivity index (χ3v) is 8.56. The summed E-state index contributed by atoms with van der Waals surface area (Å²) >= 11 is 0. The molecule has 0 amide bonds. The van der Waals surface area contributed by atoms with E-state index in [0.29, 0.717) is 17.2 Å². The molecule has 0 saturated carbocycles.